The molecule has 0 aliphatic carbocycles. The van der Waals surface area contributed by atoms with E-state index >= 15 is 0 Å². The first kappa shape index (κ1) is 16.8. The van der Waals surface area contributed by atoms with Crippen molar-refractivity contribution >= 4 is 38.6 Å². The maximum absolute atomic E-state index is 12.8. The van der Waals surface area contributed by atoms with Gasteiger partial charge in [0.1, 0.15) is 0 Å². The number of sulfonamides is 1. The molecule has 7 heteroatoms. The average Bonchev–Trinajstić information content (AvgIpc) is 2.87. The van der Waals surface area contributed by atoms with Gasteiger partial charge in [-0.15, -0.1) is 11.3 Å². The predicted octanol–water partition coefficient (Wildman–Crippen LogP) is 3.53. The first-order valence-electron chi connectivity index (χ1n) is 7.45. The molecule has 1 aliphatic rings. The molecule has 0 bridgehead atoms. The van der Waals surface area contributed by atoms with Crippen molar-refractivity contribution in [3.8, 4) is 0 Å². The first-order chi connectivity index (χ1) is 10.9. The van der Waals surface area contributed by atoms with Crippen LogP contribution in [-0.2, 0) is 10.0 Å². The Balaban J connectivity index is 1.75. The van der Waals surface area contributed by atoms with Crippen molar-refractivity contribution in [2.24, 2.45) is 0 Å². The highest BCUT2D eigenvalue weighted by atomic mass is 35.5. The van der Waals surface area contributed by atoms with E-state index in [0.717, 1.165) is 15.4 Å². The third-order valence-corrected chi connectivity index (χ3v) is 7.38. The fourth-order valence-corrected chi connectivity index (χ4v) is 5.99. The Kier molecular flexibility index (Phi) is 4.69. The minimum absolute atomic E-state index is 0.455. The van der Waals surface area contributed by atoms with E-state index in [4.69, 9.17) is 11.6 Å². The molecule has 2 heterocycles. The Morgan fingerprint density at radius 1 is 1.09 bits per heavy atom. The lowest BCUT2D eigenvalue weighted by molar-refractivity contribution is 0.385. The van der Waals surface area contributed by atoms with Crippen LogP contribution in [-0.4, -0.2) is 38.9 Å². The summed E-state index contributed by atoms with van der Waals surface area (Å²) in [7, 11) is -3.39. The molecule has 0 radical (unpaired) electrons. The summed E-state index contributed by atoms with van der Waals surface area (Å²) in [6.07, 6.45) is 0. The Labute approximate surface area is 146 Å². The molecule has 124 valence electrons. The molecule has 0 amide bonds. The highest BCUT2D eigenvalue weighted by Gasteiger charge is 2.30. The summed E-state index contributed by atoms with van der Waals surface area (Å²) in [6, 6.07) is 9.45. The van der Waals surface area contributed by atoms with Gasteiger partial charge in [-0.3, -0.25) is 0 Å². The van der Waals surface area contributed by atoms with Crippen LogP contribution in [0.15, 0.2) is 35.2 Å². The summed E-state index contributed by atoms with van der Waals surface area (Å²) in [5.74, 6) is 0. The van der Waals surface area contributed by atoms with Gasteiger partial charge in [-0.05, 0) is 38.1 Å². The van der Waals surface area contributed by atoms with Crippen molar-refractivity contribution in [3.05, 3.63) is 45.1 Å². The van der Waals surface area contributed by atoms with Gasteiger partial charge in [0.15, 0.2) is 0 Å². The molecule has 4 nitrogen and oxygen atoms in total. The molecule has 0 atom stereocenters. The van der Waals surface area contributed by atoms with Crippen molar-refractivity contribution in [1.82, 2.24) is 4.31 Å². The van der Waals surface area contributed by atoms with E-state index in [1.807, 2.05) is 38.1 Å². The Hall–Kier alpha value is -1.08. The largest absolute Gasteiger partial charge is 0.369 e. The number of thiophene rings is 1. The third-order valence-electron chi connectivity index (χ3n) is 4.03. The normalized spacial score (nSPS) is 16.7. The van der Waals surface area contributed by atoms with Crippen molar-refractivity contribution in [1.29, 1.82) is 0 Å². The molecule has 23 heavy (non-hydrogen) atoms. The topological polar surface area (TPSA) is 40.6 Å². The van der Waals surface area contributed by atoms with Gasteiger partial charge >= 0.3 is 0 Å². The number of benzene rings is 1. The van der Waals surface area contributed by atoms with Crippen LogP contribution in [0.4, 0.5) is 5.69 Å². The number of nitrogens with zero attached hydrogens (tertiary/aromatic N) is 2. The van der Waals surface area contributed by atoms with Crippen LogP contribution in [0.1, 0.15) is 9.75 Å². The SMILES string of the molecule is Cc1cc(S(=O)(=O)N2CCN(c3cccc(Cl)c3)CC2)c(C)s1. The van der Waals surface area contributed by atoms with Gasteiger partial charge in [-0.1, -0.05) is 17.7 Å². The Morgan fingerprint density at radius 2 is 1.78 bits per heavy atom. The van der Waals surface area contributed by atoms with Crippen LogP contribution < -0.4 is 4.90 Å². The monoisotopic (exact) mass is 370 g/mol. The van der Waals surface area contributed by atoms with Crippen LogP contribution in [0.3, 0.4) is 0 Å². The second-order valence-electron chi connectivity index (χ2n) is 5.65. The van der Waals surface area contributed by atoms with Crippen LogP contribution in [0.5, 0.6) is 0 Å². The molecule has 0 saturated carbocycles. The van der Waals surface area contributed by atoms with Crippen LogP contribution in [0, 0.1) is 13.8 Å². The lowest BCUT2D eigenvalue weighted by Gasteiger charge is -2.35. The van der Waals surface area contributed by atoms with E-state index < -0.39 is 10.0 Å². The standard InChI is InChI=1S/C16H19ClN2O2S2/c1-12-10-16(13(2)22-12)23(20,21)19-8-6-18(7-9-19)15-5-3-4-14(17)11-15/h3-5,10-11H,6-9H2,1-2H3. The summed E-state index contributed by atoms with van der Waals surface area (Å²) in [4.78, 5) is 4.51. The average molecular weight is 371 g/mol. The maximum atomic E-state index is 12.8. The number of aryl methyl sites for hydroxylation is 2. The molecule has 2 aromatic rings. The van der Waals surface area contributed by atoms with Crippen LogP contribution >= 0.6 is 22.9 Å². The fourth-order valence-electron chi connectivity index (χ4n) is 2.86. The van der Waals surface area contributed by atoms with Gasteiger partial charge in [0.25, 0.3) is 0 Å². The molecule has 1 saturated heterocycles. The van der Waals surface area contributed by atoms with E-state index in [1.54, 1.807) is 10.4 Å². The van der Waals surface area contributed by atoms with Gasteiger partial charge in [0.2, 0.25) is 10.0 Å². The predicted molar refractivity (Wildman–Crippen MR) is 96.2 cm³/mol. The fraction of sp³-hybridized carbons (Fsp3) is 0.375. The molecule has 0 N–H and O–H groups in total. The summed E-state index contributed by atoms with van der Waals surface area (Å²) in [6.45, 7) is 6.12. The Morgan fingerprint density at radius 3 is 2.35 bits per heavy atom. The highest BCUT2D eigenvalue weighted by molar-refractivity contribution is 7.89. The molecule has 1 aliphatic heterocycles. The quantitative estimate of drug-likeness (QED) is 0.829. The number of anilines is 1. The van der Waals surface area contributed by atoms with Gasteiger partial charge in [-0.25, -0.2) is 8.42 Å². The van der Waals surface area contributed by atoms with Crippen molar-refractivity contribution in [3.63, 3.8) is 0 Å². The zero-order valence-electron chi connectivity index (χ0n) is 13.1. The van der Waals surface area contributed by atoms with E-state index in [9.17, 15) is 8.42 Å². The summed E-state index contributed by atoms with van der Waals surface area (Å²) < 4.78 is 27.2. The van der Waals surface area contributed by atoms with E-state index in [0.29, 0.717) is 36.1 Å². The number of piperazine rings is 1. The summed E-state index contributed by atoms with van der Waals surface area (Å²) in [5, 5.41) is 0.696. The zero-order chi connectivity index (χ0) is 16.6. The van der Waals surface area contributed by atoms with Crippen molar-refractivity contribution in [2.45, 2.75) is 18.7 Å². The molecule has 1 aromatic heterocycles. The molecule has 1 fully saturated rings. The third kappa shape index (κ3) is 3.40. The van der Waals surface area contributed by atoms with E-state index in [1.165, 1.54) is 11.3 Å². The van der Waals surface area contributed by atoms with Crippen molar-refractivity contribution in [2.75, 3.05) is 31.1 Å². The Bertz CT molecular complexity index is 809. The number of hydrogen-bond acceptors (Lipinski definition) is 4. The molecular weight excluding hydrogens is 352 g/mol. The molecular formula is C16H19ClN2O2S2. The second kappa shape index (κ2) is 6.43. The van der Waals surface area contributed by atoms with Crippen molar-refractivity contribution < 1.29 is 8.42 Å². The smallest absolute Gasteiger partial charge is 0.244 e. The lowest BCUT2D eigenvalue weighted by atomic mass is 10.2. The second-order valence-corrected chi connectivity index (χ2v) is 9.45. The lowest BCUT2D eigenvalue weighted by Crippen LogP contribution is -2.48. The molecule has 1 aromatic carbocycles. The molecule has 3 rings (SSSR count). The van der Waals surface area contributed by atoms with Crippen LogP contribution in [0.25, 0.3) is 0 Å². The minimum Gasteiger partial charge on any atom is -0.369 e. The summed E-state index contributed by atoms with van der Waals surface area (Å²) >= 11 is 7.56. The van der Waals surface area contributed by atoms with E-state index in [-0.39, 0.29) is 0 Å². The zero-order valence-corrected chi connectivity index (χ0v) is 15.5. The van der Waals surface area contributed by atoms with Gasteiger partial charge in [0, 0.05) is 46.6 Å². The highest BCUT2D eigenvalue weighted by Crippen LogP contribution is 2.29. The maximum Gasteiger partial charge on any atom is 0.244 e. The number of halogens is 1. The van der Waals surface area contributed by atoms with Gasteiger partial charge in [0.05, 0.1) is 4.90 Å². The van der Waals surface area contributed by atoms with Gasteiger partial charge < -0.3 is 4.90 Å². The molecule has 0 spiro atoms. The minimum atomic E-state index is -3.39. The number of hydrogen-bond donors (Lipinski definition) is 0. The van der Waals surface area contributed by atoms with Crippen LogP contribution in [0.2, 0.25) is 5.02 Å². The van der Waals surface area contributed by atoms with Gasteiger partial charge in [-0.2, -0.15) is 4.31 Å². The summed E-state index contributed by atoms with van der Waals surface area (Å²) in [5.41, 5.74) is 1.04. The number of rotatable bonds is 3. The molecule has 0 unspecified atom stereocenters. The van der Waals surface area contributed by atoms with E-state index in [2.05, 4.69) is 4.90 Å². The first-order valence-corrected chi connectivity index (χ1v) is 10.1.